The number of hydrogen-bond acceptors (Lipinski definition) is 4. The van der Waals surface area contributed by atoms with Crippen LogP contribution in [0.15, 0.2) is 23.1 Å². The SMILES string of the molecule is C[C@H]1Sc2ccc(C(=O)N3CCC[C@@H](C(=O)O)C3)cc2NC1=O. The second kappa shape index (κ2) is 6.23. The maximum atomic E-state index is 12.6. The Morgan fingerprint density at radius 1 is 1.39 bits per heavy atom. The number of nitrogens with zero attached hydrogens (tertiary/aromatic N) is 1. The van der Waals surface area contributed by atoms with Gasteiger partial charge in [-0.25, -0.2) is 0 Å². The van der Waals surface area contributed by atoms with Gasteiger partial charge in [-0.3, -0.25) is 14.4 Å². The summed E-state index contributed by atoms with van der Waals surface area (Å²) in [5.74, 6) is -1.61. The van der Waals surface area contributed by atoms with Gasteiger partial charge in [0.05, 0.1) is 16.9 Å². The lowest BCUT2D eigenvalue weighted by Gasteiger charge is -2.31. The zero-order valence-electron chi connectivity index (χ0n) is 12.7. The molecule has 1 saturated heterocycles. The first-order valence-electron chi connectivity index (χ1n) is 7.59. The molecule has 23 heavy (non-hydrogen) atoms. The molecule has 2 atom stereocenters. The number of nitrogens with one attached hydrogen (secondary N) is 1. The molecule has 3 rings (SSSR count). The van der Waals surface area contributed by atoms with E-state index in [4.69, 9.17) is 5.11 Å². The highest BCUT2D eigenvalue weighted by molar-refractivity contribution is 8.00. The standard InChI is InChI=1S/C16H18N2O4S/c1-9-14(19)17-12-7-10(4-5-13(12)23-9)15(20)18-6-2-3-11(8-18)16(21)22/h4-5,7,9,11H,2-3,6,8H2,1H3,(H,17,19)(H,21,22)/t9-,11-/m1/s1. The number of carboxylic acids is 1. The van der Waals surface area contributed by atoms with Crippen LogP contribution in [0.1, 0.15) is 30.1 Å². The lowest BCUT2D eigenvalue weighted by molar-refractivity contribution is -0.143. The topological polar surface area (TPSA) is 86.7 Å². The van der Waals surface area contributed by atoms with Crippen LogP contribution in [0.3, 0.4) is 0 Å². The molecule has 1 aromatic rings. The van der Waals surface area contributed by atoms with Crippen LogP contribution in [-0.4, -0.2) is 46.1 Å². The fraction of sp³-hybridized carbons (Fsp3) is 0.438. The Morgan fingerprint density at radius 2 is 2.17 bits per heavy atom. The molecule has 0 bridgehead atoms. The summed E-state index contributed by atoms with van der Waals surface area (Å²) in [4.78, 5) is 38.0. The minimum Gasteiger partial charge on any atom is -0.481 e. The monoisotopic (exact) mass is 334 g/mol. The Kier molecular flexibility index (Phi) is 4.30. The van der Waals surface area contributed by atoms with E-state index in [2.05, 4.69) is 5.32 Å². The van der Waals surface area contributed by atoms with Crippen molar-refractivity contribution in [3.05, 3.63) is 23.8 Å². The molecule has 2 N–H and O–H groups in total. The minimum atomic E-state index is -0.856. The number of aliphatic carboxylic acids is 1. The Balaban J connectivity index is 1.79. The van der Waals surface area contributed by atoms with Crippen LogP contribution in [0, 0.1) is 5.92 Å². The van der Waals surface area contributed by atoms with Crippen molar-refractivity contribution in [3.63, 3.8) is 0 Å². The number of rotatable bonds is 2. The number of hydrogen-bond donors (Lipinski definition) is 2. The van der Waals surface area contributed by atoms with Gasteiger partial charge in [0.25, 0.3) is 5.91 Å². The number of thioether (sulfide) groups is 1. The van der Waals surface area contributed by atoms with Crippen molar-refractivity contribution in [2.75, 3.05) is 18.4 Å². The van der Waals surface area contributed by atoms with Crippen LogP contribution in [0.2, 0.25) is 0 Å². The van der Waals surface area contributed by atoms with Crippen LogP contribution >= 0.6 is 11.8 Å². The van der Waals surface area contributed by atoms with Crippen molar-refractivity contribution in [1.29, 1.82) is 0 Å². The minimum absolute atomic E-state index is 0.0731. The van der Waals surface area contributed by atoms with E-state index in [9.17, 15) is 14.4 Å². The van der Waals surface area contributed by atoms with Crippen molar-refractivity contribution >= 4 is 35.2 Å². The zero-order valence-corrected chi connectivity index (χ0v) is 13.6. The number of amides is 2. The van der Waals surface area contributed by atoms with Crippen molar-refractivity contribution in [2.45, 2.75) is 29.9 Å². The van der Waals surface area contributed by atoms with E-state index in [1.165, 1.54) is 11.8 Å². The second-order valence-corrected chi connectivity index (χ2v) is 7.27. The number of fused-ring (bicyclic) bond motifs is 1. The van der Waals surface area contributed by atoms with Gasteiger partial charge in [-0.2, -0.15) is 0 Å². The first-order valence-corrected chi connectivity index (χ1v) is 8.47. The van der Waals surface area contributed by atoms with E-state index in [-0.39, 0.29) is 23.6 Å². The highest BCUT2D eigenvalue weighted by Crippen LogP contribution is 2.36. The van der Waals surface area contributed by atoms with Crippen LogP contribution < -0.4 is 5.32 Å². The molecule has 2 heterocycles. The molecular weight excluding hydrogens is 316 g/mol. The number of carbonyl (C=O) groups is 3. The van der Waals surface area contributed by atoms with Gasteiger partial charge >= 0.3 is 5.97 Å². The second-order valence-electron chi connectivity index (χ2n) is 5.89. The quantitative estimate of drug-likeness (QED) is 0.864. The summed E-state index contributed by atoms with van der Waals surface area (Å²) in [7, 11) is 0. The fourth-order valence-corrected chi connectivity index (χ4v) is 3.82. The maximum absolute atomic E-state index is 12.6. The zero-order chi connectivity index (χ0) is 16.6. The normalized spacial score (nSPS) is 23.9. The van der Waals surface area contributed by atoms with Gasteiger partial charge in [0.1, 0.15) is 0 Å². The van der Waals surface area contributed by atoms with Gasteiger partial charge in [-0.1, -0.05) is 0 Å². The summed E-state index contributed by atoms with van der Waals surface area (Å²) in [6.07, 6.45) is 1.30. The summed E-state index contributed by atoms with van der Waals surface area (Å²) in [5.41, 5.74) is 1.13. The Hall–Kier alpha value is -2.02. The summed E-state index contributed by atoms with van der Waals surface area (Å²) >= 11 is 1.47. The summed E-state index contributed by atoms with van der Waals surface area (Å²) in [5, 5.41) is 11.8. The van der Waals surface area contributed by atoms with E-state index in [1.54, 1.807) is 17.0 Å². The van der Waals surface area contributed by atoms with E-state index in [1.807, 2.05) is 13.0 Å². The van der Waals surface area contributed by atoms with Crippen LogP contribution in [0.25, 0.3) is 0 Å². The molecule has 1 aromatic carbocycles. The largest absolute Gasteiger partial charge is 0.481 e. The number of likely N-dealkylation sites (tertiary alicyclic amines) is 1. The number of carbonyl (C=O) groups excluding carboxylic acids is 2. The number of anilines is 1. The summed E-state index contributed by atoms with van der Waals surface area (Å²) in [6, 6.07) is 5.25. The maximum Gasteiger partial charge on any atom is 0.308 e. The number of benzene rings is 1. The average Bonchev–Trinajstić information content (AvgIpc) is 2.55. The lowest BCUT2D eigenvalue weighted by Crippen LogP contribution is -2.42. The molecule has 2 aliphatic rings. The number of carboxylic acid groups (broad SMARTS) is 1. The highest BCUT2D eigenvalue weighted by Gasteiger charge is 2.29. The van der Waals surface area contributed by atoms with Crippen molar-refractivity contribution < 1.29 is 19.5 Å². The van der Waals surface area contributed by atoms with E-state index in [0.717, 1.165) is 4.90 Å². The molecule has 0 spiro atoms. The molecule has 0 aromatic heterocycles. The fourth-order valence-electron chi connectivity index (χ4n) is 2.89. The third kappa shape index (κ3) is 3.19. The van der Waals surface area contributed by atoms with E-state index in [0.29, 0.717) is 30.6 Å². The highest BCUT2D eigenvalue weighted by atomic mass is 32.2. The van der Waals surface area contributed by atoms with Crippen molar-refractivity contribution in [1.82, 2.24) is 4.90 Å². The molecule has 0 unspecified atom stereocenters. The van der Waals surface area contributed by atoms with Crippen molar-refractivity contribution in [3.8, 4) is 0 Å². The average molecular weight is 334 g/mol. The van der Waals surface area contributed by atoms with Crippen LogP contribution in [0.4, 0.5) is 5.69 Å². The van der Waals surface area contributed by atoms with Gasteiger partial charge in [0.15, 0.2) is 0 Å². The molecule has 0 radical (unpaired) electrons. The van der Waals surface area contributed by atoms with Gasteiger partial charge in [-0.05, 0) is 38.0 Å². The van der Waals surface area contributed by atoms with Crippen molar-refractivity contribution in [2.24, 2.45) is 5.92 Å². The molecule has 0 saturated carbocycles. The van der Waals surface area contributed by atoms with Crippen LogP contribution in [-0.2, 0) is 9.59 Å². The third-order valence-corrected chi connectivity index (χ3v) is 5.39. The van der Waals surface area contributed by atoms with E-state index < -0.39 is 11.9 Å². The van der Waals surface area contributed by atoms with Gasteiger partial charge in [0.2, 0.25) is 5.91 Å². The van der Waals surface area contributed by atoms with Gasteiger partial charge in [0, 0.05) is 23.5 Å². The Morgan fingerprint density at radius 3 is 2.91 bits per heavy atom. The summed E-state index contributed by atoms with van der Waals surface area (Å²) in [6.45, 7) is 2.64. The molecule has 7 heteroatoms. The molecule has 1 fully saturated rings. The Labute approximate surface area is 138 Å². The van der Waals surface area contributed by atoms with Gasteiger partial charge in [-0.15, -0.1) is 11.8 Å². The molecule has 0 aliphatic carbocycles. The molecule has 2 aliphatic heterocycles. The lowest BCUT2D eigenvalue weighted by atomic mass is 9.97. The Bertz CT molecular complexity index is 676. The third-order valence-electron chi connectivity index (χ3n) is 4.22. The molecular formula is C16H18N2O4S. The van der Waals surface area contributed by atoms with Crippen LogP contribution in [0.5, 0.6) is 0 Å². The number of piperidine rings is 1. The van der Waals surface area contributed by atoms with Gasteiger partial charge < -0.3 is 15.3 Å². The predicted molar refractivity (Wildman–Crippen MR) is 86.7 cm³/mol. The first-order chi connectivity index (χ1) is 11.0. The first kappa shape index (κ1) is 15.9. The molecule has 6 nitrogen and oxygen atoms in total. The smallest absolute Gasteiger partial charge is 0.308 e. The molecule has 2 amide bonds. The summed E-state index contributed by atoms with van der Waals surface area (Å²) < 4.78 is 0. The predicted octanol–water partition coefficient (Wildman–Crippen LogP) is 2.06. The van der Waals surface area contributed by atoms with E-state index >= 15 is 0 Å². The molecule has 122 valence electrons.